The van der Waals surface area contributed by atoms with Crippen molar-refractivity contribution < 1.29 is 4.74 Å². The Morgan fingerprint density at radius 3 is 2.68 bits per heavy atom. The standard InChI is InChI=1S/C16H27N3OS.HI/c1-17-16(19-12-14-8-11-21-13-14)18-9-10-20-15-6-4-2-3-5-7-15;/h8,11,13,15H,2-7,9-10,12H2,1H3,(H2,17,18,19);1H. The lowest BCUT2D eigenvalue weighted by Gasteiger charge is -2.16. The van der Waals surface area contributed by atoms with Crippen molar-refractivity contribution >= 4 is 41.3 Å². The summed E-state index contributed by atoms with van der Waals surface area (Å²) >= 11 is 1.72. The van der Waals surface area contributed by atoms with Crippen LogP contribution >= 0.6 is 35.3 Å². The lowest BCUT2D eigenvalue weighted by Crippen LogP contribution is -2.38. The average Bonchev–Trinajstić information content (AvgIpc) is 2.89. The van der Waals surface area contributed by atoms with E-state index < -0.39 is 0 Å². The molecule has 0 spiro atoms. The summed E-state index contributed by atoms with van der Waals surface area (Å²) in [6.07, 6.45) is 8.31. The summed E-state index contributed by atoms with van der Waals surface area (Å²) in [6.45, 7) is 2.37. The molecule has 1 aliphatic rings. The Kier molecular flexibility index (Phi) is 10.9. The molecule has 22 heavy (non-hydrogen) atoms. The lowest BCUT2D eigenvalue weighted by molar-refractivity contribution is 0.0468. The Balaban J connectivity index is 0.00000242. The molecule has 1 saturated carbocycles. The van der Waals surface area contributed by atoms with Crippen LogP contribution in [0.25, 0.3) is 0 Å². The van der Waals surface area contributed by atoms with Gasteiger partial charge in [0.1, 0.15) is 0 Å². The van der Waals surface area contributed by atoms with Gasteiger partial charge < -0.3 is 15.4 Å². The zero-order chi connectivity index (χ0) is 14.8. The Morgan fingerprint density at radius 2 is 2.05 bits per heavy atom. The Labute approximate surface area is 155 Å². The summed E-state index contributed by atoms with van der Waals surface area (Å²) in [5.74, 6) is 0.839. The number of halogens is 1. The van der Waals surface area contributed by atoms with Crippen molar-refractivity contribution in [2.75, 3.05) is 20.2 Å². The van der Waals surface area contributed by atoms with Crippen molar-refractivity contribution in [1.82, 2.24) is 10.6 Å². The first-order valence-electron chi connectivity index (χ1n) is 7.95. The Hall–Kier alpha value is -0.340. The van der Waals surface area contributed by atoms with Crippen LogP contribution < -0.4 is 10.6 Å². The van der Waals surface area contributed by atoms with Gasteiger partial charge in [-0.2, -0.15) is 11.3 Å². The van der Waals surface area contributed by atoms with Crippen LogP contribution in [0.15, 0.2) is 21.8 Å². The molecule has 0 unspecified atom stereocenters. The Bertz CT molecular complexity index is 404. The first kappa shape index (κ1) is 19.7. The topological polar surface area (TPSA) is 45.7 Å². The fourth-order valence-electron chi connectivity index (χ4n) is 2.60. The lowest BCUT2D eigenvalue weighted by atomic mass is 10.1. The number of hydrogen-bond donors (Lipinski definition) is 2. The van der Waals surface area contributed by atoms with Crippen LogP contribution in [0.2, 0.25) is 0 Å². The van der Waals surface area contributed by atoms with E-state index in [1.807, 2.05) is 0 Å². The second kappa shape index (κ2) is 12.1. The molecule has 6 heteroatoms. The minimum Gasteiger partial charge on any atom is -0.376 e. The fourth-order valence-corrected chi connectivity index (χ4v) is 3.27. The summed E-state index contributed by atoms with van der Waals surface area (Å²) in [6, 6.07) is 2.13. The van der Waals surface area contributed by atoms with E-state index in [4.69, 9.17) is 4.74 Å². The second-order valence-corrected chi connectivity index (χ2v) is 6.25. The first-order valence-corrected chi connectivity index (χ1v) is 8.90. The van der Waals surface area contributed by atoms with E-state index >= 15 is 0 Å². The zero-order valence-corrected chi connectivity index (χ0v) is 16.5. The average molecular weight is 437 g/mol. The Morgan fingerprint density at radius 1 is 1.27 bits per heavy atom. The molecule has 0 aliphatic heterocycles. The van der Waals surface area contributed by atoms with E-state index in [-0.39, 0.29) is 24.0 Å². The molecule has 0 aromatic carbocycles. The van der Waals surface area contributed by atoms with Crippen molar-refractivity contribution in [3.8, 4) is 0 Å². The molecule has 0 saturated heterocycles. The first-order chi connectivity index (χ1) is 10.4. The van der Waals surface area contributed by atoms with E-state index in [1.165, 1.54) is 44.1 Å². The van der Waals surface area contributed by atoms with Crippen molar-refractivity contribution in [2.45, 2.75) is 51.2 Å². The largest absolute Gasteiger partial charge is 0.376 e. The van der Waals surface area contributed by atoms with Gasteiger partial charge >= 0.3 is 0 Å². The third-order valence-corrected chi connectivity index (χ3v) is 4.55. The molecule has 0 radical (unpaired) electrons. The van der Waals surface area contributed by atoms with Gasteiger partial charge in [-0.15, -0.1) is 24.0 Å². The van der Waals surface area contributed by atoms with E-state index in [0.29, 0.717) is 6.10 Å². The van der Waals surface area contributed by atoms with Crippen LogP contribution in [0.5, 0.6) is 0 Å². The molecule has 1 aromatic heterocycles. The summed E-state index contributed by atoms with van der Waals surface area (Å²) in [5, 5.41) is 10.9. The van der Waals surface area contributed by atoms with E-state index in [9.17, 15) is 0 Å². The van der Waals surface area contributed by atoms with Crippen LogP contribution in [0, 0.1) is 0 Å². The van der Waals surface area contributed by atoms with Gasteiger partial charge in [-0.3, -0.25) is 4.99 Å². The number of hydrogen-bond acceptors (Lipinski definition) is 3. The van der Waals surface area contributed by atoms with Gasteiger partial charge in [0.2, 0.25) is 0 Å². The maximum Gasteiger partial charge on any atom is 0.191 e. The molecule has 1 fully saturated rings. The predicted octanol–water partition coefficient (Wildman–Crippen LogP) is 3.77. The van der Waals surface area contributed by atoms with Gasteiger partial charge in [0.15, 0.2) is 5.96 Å². The van der Waals surface area contributed by atoms with Crippen LogP contribution in [0.3, 0.4) is 0 Å². The summed E-state index contributed by atoms with van der Waals surface area (Å²) in [4.78, 5) is 4.23. The fraction of sp³-hybridized carbons (Fsp3) is 0.688. The molecular weight excluding hydrogens is 409 g/mol. The van der Waals surface area contributed by atoms with Gasteiger partial charge in [0.05, 0.1) is 12.7 Å². The molecule has 2 N–H and O–H groups in total. The minimum atomic E-state index is 0. The maximum absolute atomic E-state index is 5.96. The highest BCUT2D eigenvalue weighted by Crippen LogP contribution is 2.19. The third kappa shape index (κ3) is 7.78. The molecule has 1 aromatic rings. The number of guanidine groups is 1. The van der Waals surface area contributed by atoms with Crippen molar-refractivity contribution in [3.05, 3.63) is 22.4 Å². The monoisotopic (exact) mass is 437 g/mol. The molecule has 1 aliphatic carbocycles. The number of nitrogens with zero attached hydrogens (tertiary/aromatic N) is 1. The van der Waals surface area contributed by atoms with Crippen LogP contribution in [-0.4, -0.2) is 32.3 Å². The highest BCUT2D eigenvalue weighted by atomic mass is 127. The third-order valence-electron chi connectivity index (χ3n) is 3.81. The number of rotatable bonds is 6. The number of ether oxygens (including phenoxy) is 1. The second-order valence-electron chi connectivity index (χ2n) is 5.47. The highest BCUT2D eigenvalue weighted by Gasteiger charge is 2.12. The molecule has 0 bridgehead atoms. The van der Waals surface area contributed by atoms with E-state index in [1.54, 1.807) is 18.4 Å². The highest BCUT2D eigenvalue weighted by molar-refractivity contribution is 14.0. The number of aliphatic imine (C=N–C) groups is 1. The van der Waals surface area contributed by atoms with Gasteiger partial charge in [-0.05, 0) is 35.2 Å². The van der Waals surface area contributed by atoms with Crippen LogP contribution in [0.4, 0.5) is 0 Å². The molecule has 4 nitrogen and oxygen atoms in total. The zero-order valence-electron chi connectivity index (χ0n) is 13.3. The SMILES string of the molecule is CN=C(NCCOC1CCCCCC1)NCc1ccsc1.I. The van der Waals surface area contributed by atoms with Crippen LogP contribution in [0.1, 0.15) is 44.1 Å². The summed E-state index contributed by atoms with van der Waals surface area (Å²) < 4.78 is 5.96. The quantitative estimate of drug-likeness (QED) is 0.234. The van der Waals surface area contributed by atoms with Crippen molar-refractivity contribution in [1.29, 1.82) is 0 Å². The van der Waals surface area contributed by atoms with E-state index in [2.05, 4.69) is 32.5 Å². The minimum absolute atomic E-state index is 0. The smallest absolute Gasteiger partial charge is 0.191 e. The van der Waals surface area contributed by atoms with Gasteiger partial charge in [0, 0.05) is 20.1 Å². The van der Waals surface area contributed by atoms with Crippen LogP contribution in [-0.2, 0) is 11.3 Å². The van der Waals surface area contributed by atoms with Gasteiger partial charge in [0.25, 0.3) is 0 Å². The predicted molar refractivity (Wildman–Crippen MR) is 105 cm³/mol. The van der Waals surface area contributed by atoms with Crippen molar-refractivity contribution in [2.24, 2.45) is 4.99 Å². The maximum atomic E-state index is 5.96. The van der Waals surface area contributed by atoms with Gasteiger partial charge in [-0.25, -0.2) is 0 Å². The molecular formula is C16H28IN3OS. The van der Waals surface area contributed by atoms with Crippen molar-refractivity contribution in [3.63, 3.8) is 0 Å². The molecule has 2 rings (SSSR count). The number of thiophene rings is 1. The summed E-state index contributed by atoms with van der Waals surface area (Å²) in [7, 11) is 1.80. The molecule has 0 amide bonds. The molecule has 1 heterocycles. The van der Waals surface area contributed by atoms with E-state index in [0.717, 1.165) is 25.7 Å². The normalized spacial score (nSPS) is 16.7. The molecule has 126 valence electrons. The number of nitrogens with one attached hydrogen (secondary N) is 2. The van der Waals surface area contributed by atoms with Gasteiger partial charge in [-0.1, -0.05) is 25.7 Å². The molecule has 0 atom stereocenters. The summed E-state index contributed by atoms with van der Waals surface area (Å²) in [5.41, 5.74) is 1.29.